The van der Waals surface area contributed by atoms with Crippen LogP contribution in [0.3, 0.4) is 0 Å². The Balaban J connectivity index is 1.81. The van der Waals surface area contributed by atoms with E-state index in [2.05, 4.69) is 12.2 Å². The first kappa shape index (κ1) is 13.6. The van der Waals surface area contributed by atoms with E-state index in [1.165, 1.54) is 4.90 Å². The molecule has 3 rings (SSSR count). The number of barbiturate groups is 1. The lowest BCUT2D eigenvalue weighted by atomic mass is 9.81. The van der Waals surface area contributed by atoms with Crippen LogP contribution in [0.2, 0.25) is 0 Å². The lowest BCUT2D eigenvalue weighted by Crippen LogP contribution is -2.63. The third kappa shape index (κ3) is 1.95. The minimum absolute atomic E-state index is 0.127. The van der Waals surface area contributed by atoms with E-state index in [9.17, 15) is 14.4 Å². The average Bonchev–Trinajstić information content (AvgIpc) is 2.99. The first-order valence-corrected chi connectivity index (χ1v) is 7.70. The molecule has 1 heterocycles. The van der Waals surface area contributed by atoms with Gasteiger partial charge in [0, 0.05) is 6.54 Å². The standard InChI is InChI=1S/C15H22N2O3/c1-2-5-14(8-9-14)10-17-12(19)15(6-3-4-7-15)11(18)16-13(17)20/h2-10H2,1H3,(H,16,18,20). The van der Waals surface area contributed by atoms with Gasteiger partial charge in [0.25, 0.3) is 0 Å². The van der Waals surface area contributed by atoms with Crippen LogP contribution in [-0.2, 0) is 9.59 Å². The molecule has 1 saturated heterocycles. The van der Waals surface area contributed by atoms with Crippen molar-refractivity contribution in [1.29, 1.82) is 0 Å². The van der Waals surface area contributed by atoms with E-state index in [4.69, 9.17) is 0 Å². The smallest absolute Gasteiger partial charge is 0.277 e. The highest BCUT2D eigenvalue weighted by Gasteiger charge is 2.57. The summed E-state index contributed by atoms with van der Waals surface area (Å²) in [6, 6.07) is -0.514. The third-order valence-electron chi connectivity index (χ3n) is 5.24. The molecule has 110 valence electrons. The van der Waals surface area contributed by atoms with Crippen LogP contribution in [0.25, 0.3) is 0 Å². The predicted octanol–water partition coefficient (Wildman–Crippen LogP) is 2.21. The van der Waals surface area contributed by atoms with Gasteiger partial charge in [0.15, 0.2) is 0 Å². The second-order valence-electron chi connectivity index (χ2n) is 6.69. The van der Waals surface area contributed by atoms with Crippen LogP contribution in [0.4, 0.5) is 4.79 Å². The number of nitrogens with zero attached hydrogens (tertiary/aromatic N) is 1. The van der Waals surface area contributed by atoms with E-state index < -0.39 is 11.4 Å². The second kappa shape index (κ2) is 4.57. The average molecular weight is 278 g/mol. The van der Waals surface area contributed by atoms with E-state index in [0.717, 1.165) is 38.5 Å². The summed E-state index contributed by atoms with van der Waals surface area (Å²) in [6.45, 7) is 2.61. The number of hydrogen-bond donors (Lipinski definition) is 1. The summed E-state index contributed by atoms with van der Waals surface area (Å²) < 4.78 is 0. The van der Waals surface area contributed by atoms with Gasteiger partial charge in [0.05, 0.1) is 0 Å². The molecule has 2 saturated carbocycles. The molecule has 0 radical (unpaired) electrons. The minimum Gasteiger partial charge on any atom is -0.277 e. The maximum atomic E-state index is 12.7. The highest BCUT2D eigenvalue weighted by molar-refractivity contribution is 6.19. The molecule has 0 bridgehead atoms. The largest absolute Gasteiger partial charge is 0.330 e. The first-order chi connectivity index (χ1) is 9.53. The number of imide groups is 2. The van der Waals surface area contributed by atoms with Crippen molar-refractivity contribution in [2.24, 2.45) is 10.8 Å². The Morgan fingerprint density at radius 2 is 1.75 bits per heavy atom. The Bertz CT molecular complexity index is 462. The molecule has 3 aliphatic rings. The van der Waals surface area contributed by atoms with Gasteiger partial charge in [-0.1, -0.05) is 26.2 Å². The summed E-state index contributed by atoms with van der Waals surface area (Å²) in [7, 11) is 0. The Kier molecular flexibility index (Phi) is 3.10. The molecular weight excluding hydrogens is 256 g/mol. The molecule has 0 aromatic heterocycles. The number of carbonyl (C=O) groups excluding carboxylic acids is 3. The zero-order valence-corrected chi connectivity index (χ0v) is 12.0. The summed E-state index contributed by atoms with van der Waals surface area (Å²) in [4.78, 5) is 38.2. The van der Waals surface area contributed by atoms with E-state index in [0.29, 0.717) is 19.4 Å². The summed E-state index contributed by atoms with van der Waals surface area (Å²) in [5, 5.41) is 2.41. The minimum atomic E-state index is -0.948. The van der Waals surface area contributed by atoms with Gasteiger partial charge in [-0.05, 0) is 37.5 Å². The lowest BCUT2D eigenvalue weighted by Gasteiger charge is -2.38. The van der Waals surface area contributed by atoms with Gasteiger partial charge >= 0.3 is 6.03 Å². The zero-order valence-electron chi connectivity index (χ0n) is 12.0. The first-order valence-electron chi connectivity index (χ1n) is 7.70. The Labute approximate surface area is 119 Å². The quantitative estimate of drug-likeness (QED) is 0.802. The molecule has 20 heavy (non-hydrogen) atoms. The maximum Gasteiger partial charge on any atom is 0.330 e. The number of nitrogens with one attached hydrogen (secondary N) is 1. The van der Waals surface area contributed by atoms with Crippen molar-refractivity contribution in [3.63, 3.8) is 0 Å². The highest BCUT2D eigenvalue weighted by atomic mass is 16.2. The summed E-state index contributed by atoms with van der Waals surface area (Å²) in [5.74, 6) is -0.618. The van der Waals surface area contributed by atoms with Crippen LogP contribution in [0.15, 0.2) is 0 Å². The van der Waals surface area contributed by atoms with E-state index in [-0.39, 0.29) is 17.2 Å². The van der Waals surface area contributed by atoms with Crippen molar-refractivity contribution >= 4 is 17.8 Å². The zero-order chi connectivity index (χ0) is 14.4. The number of hydrogen-bond acceptors (Lipinski definition) is 3. The predicted molar refractivity (Wildman–Crippen MR) is 72.7 cm³/mol. The lowest BCUT2D eigenvalue weighted by molar-refractivity contribution is -0.151. The molecule has 0 aromatic carbocycles. The number of urea groups is 1. The molecular formula is C15H22N2O3. The summed E-state index contributed by atoms with van der Waals surface area (Å²) >= 11 is 0. The number of carbonyl (C=O) groups is 3. The molecule has 0 unspecified atom stereocenters. The topological polar surface area (TPSA) is 66.5 Å². The van der Waals surface area contributed by atoms with Crippen LogP contribution in [0.5, 0.6) is 0 Å². The van der Waals surface area contributed by atoms with Crippen molar-refractivity contribution < 1.29 is 14.4 Å². The van der Waals surface area contributed by atoms with Crippen molar-refractivity contribution in [2.75, 3.05) is 6.54 Å². The van der Waals surface area contributed by atoms with Crippen molar-refractivity contribution in [2.45, 2.75) is 58.3 Å². The molecule has 5 nitrogen and oxygen atoms in total. The van der Waals surface area contributed by atoms with Crippen LogP contribution in [0.1, 0.15) is 58.3 Å². The van der Waals surface area contributed by atoms with Gasteiger partial charge in [-0.15, -0.1) is 0 Å². The highest BCUT2D eigenvalue weighted by Crippen LogP contribution is 2.51. The van der Waals surface area contributed by atoms with Gasteiger partial charge < -0.3 is 0 Å². The fourth-order valence-corrected chi connectivity index (χ4v) is 3.82. The Hall–Kier alpha value is -1.39. The van der Waals surface area contributed by atoms with Crippen LogP contribution < -0.4 is 5.32 Å². The van der Waals surface area contributed by atoms with Gasteiger partial charge in [-0.2, -0.15) is 0 Å². The van der Waals surface area contributed by atoms with Crippen molar-refractivity contribution in [1.82, 2.24) is 10.2 Å². The SMILES string of the molecule is CCCC1(CN2C(=O)NC(=O)C3(CCCC3)C2=O)CC1. The molecule has 1 N–H and O–H groups in total. The molecule has 4 amide bonds. The molecule has 5 heteroatoms. The number of amides is 4. The van der Waals surface area contributed by atoms with Crippen LogP contribution >= 0.6 is 0 Å². The number of rotatable bonds is 4. The molecule has 3 fully saturated rings. The Morgan fingerprint density at radius 3 is 2.30 bits per heavy atom. The molecule has 2 aliphatic carbocycles. The van der Waals surface area contributed by atoms with Crippen LogP contribution in [-0.4, -0.2) is 29.3 Å². The van der Waals surface area contributed by atoms with Gasteiger partial charge in [-0.3, -0.25) is 19.8 Å². The van der Waals surface area contributed by atoms with E-state index >= 15 is 0 Å². The van der Waals surface area contributed by atoms with Crippen molar-refractivity contribution in [3.8, 4) is 0 Å². The van der Waals surface area contributed by atoms with E-state index in [1.807, 2.05) is 0 Å². The van der Waals surface area contributed by atoms with Gasteiger partial charge in [0.2, 0.25) is 11.8 Å². The monoisotopic (exact) mass is 278 g/mol. The fraction of sp³-hybridized carbons (Fsp3) is 0.800. The second-order valence-corrected chi connectivity index (χ2v) is 6.69. The molecule has 0 atom stereocenters. The van der Waals surface area contributed by atoms with E-state index in [1.54, 1.807) is 0 Å². The maximum absolute atomic E-state index is 12.7. The van der Waals surface area contributed by atoms with Crippen LogP contribution in [0, 0.1) is 10.8 Å². The third-order valence-corrected chi connectivity index (χ3v) is 5.24. The summed E-state index contributed by atoms with van der Waals surface area (Å²) in [5.41, 5.74) is -0.821. The van der Waals surface area contributed by atoms with Crippen molar-refractivity contribution in [3.05, 3.63) is 0 Å². The van der Waals surface area contributed by atoms with Gasteiger partial charge in [-0.25, -0.2) is 4.79 Å². The molecule has 1 spiro atoms. The normalized spacial score (nSPS) is 27.1. The molecule has 0 aromatic rings. The molecule has 1 aliphatic heterocycles. The fourth-order valence-electron chi connectivity index (χ4n) is 3.82. The van der Waals surface area contributed by atoms with Gasteiger partial charge in [0.1, 0.15) is 5.41 Å². The Morgan fingerprint density at radius 1 is 1.10 bits per heavy atom. The summed E-state index contributed by atoms with van der Waals surface area (Å²) in [6.07, 6.45) is 7.23.